The number of ether oxygens (including phenoxy) is 1. The molecule has 1 saturated heterocycles. The van der Waals surface area contributed by atoms with Crippen molar-refractivity contribution >= 4 is 11.8 Å². The highest BCUT2D eigenvalue weighted by Gasteiger charge is 2.25. The fourth-order valence-corrected chi connectivity index (χ4v) is 3.54. The predicted molar refractivity (Wildman–Crippen MR) is 116 cm³/mol. The average Bonchev–Trinajstić information content (AvgIpc) is 2.83. The van der Waals surface area contributed by atoms with Crippen molar-refractivity contribution in [3.8, 4) is 16.9 Å². The Balaban J connectivity index is 1.25. The summed E-state index contributed by atoms with van der Waals surface area (Å²) in [5, 5.41) is 0. The number of nitrogens with zero attached hydrogens (tertiary/aromatic N) is 2. The van der Waals surface area contributed by atoms with E-state index < -0.39 is 0 Å². The molecule has 0 bridgehead atoms. The molecule has 1 heterocycles. The van der Waals surface area contributed by atoms with Crippen LogP contribution in [-0.4, -0.2) is 54.4 Å². The van der Waals surface area contributed by atoms with Gasteiger partial charge in [0.1, 0.15) is 11.6 Å². The van der Waals surface area contributed by atoms with Crippen LogP contribution in [0.1, 0.15) is 10.4 Å². The topological polar surface area (TPSA) is 49.9 Å². The van der Waals surface area contributed by atoms with Crippen LogP contribution >= 0.6 is 0 Å². The highest BCUT2D eigenvalue weighted by molar-refractivity contribution is 5.94. The minimum absolute atomic E-state index is 0.0450. The lowest BCUT2D eigenvalue weighted by Crippen LogP contribution is -2.51. The molecule has 0 aromatic heterocycles. The highest BCUT2D eigenvalue weighted by atomic mass is 19.1. The molecule has 5 nitrogen and oxygen atoms in total. The first kappa shape index (κ1) is 20.6. The summed E-state index contributed by atoms with van der Waals surface area (Å²) in [6.45, 7) is 1.72. The fraction of sp³-hybridized carbons (Fsp3) is 0.200. The third-order valence-electron chi connectivity index (χ3n) is 5.33. The first-order valence-corrected chi connectivity index (χ1v) is 10.2. The molecule has 4 rings (SSSR count). The Morgan fingerprint density at radius 2 is 1.32 bits per heavy atom. The molecule has 158 valence electrons. The maximum Gasteiger partial charge on any atom is 0.260 e. The average molecular weight is 418 g/mol. The van der Waals surface area contributed by atoms with Gasteiger partial charge in [-0.05, 0) is 47.5 Å². The molecule has 0 aliphatic carbocycles. The van der Waals surface area contributed by atoms with Crippen LogP contribution in [0.2, 0.25) is 0 Å². The zero-order chi connectivity index (χ0) is 21.6. The lowest BCUT2D eigenvalue weighted by molar-refractivity contribution is -0.134. The molecule has 6 heteroatoms. The molecule has 0 saturated carbocycles. The quantitative estimate of drug-likeness (QED) is 0.632. The summed E-state index contributed by atoms with van der Waals surface area (Å²) in [4.78, 5) is 28.4. The van der Waals surface area contributed by atoms with Crippen LogP contribution in [0, 0.1) is 5.82 Å². The largest absolute Gasteiger partial charge is 0.484 e. The van der Waals surface area contributed by atoms with E-state index >= 15 is 0 Å². The fourth-order valence-electron chi connectivity index (χ4n) is 3.54. The van der Waals surface area contributed by atoms with E-state index in [0.29, 0.717) is 37.5 Å². The Morgan fingerprint density at radius 1 is 0.742 bits per heavy atom. The van der Waals surface area contributed by atoms with Gasteiger partial charge in [0.2, 0.25) is 0 Å². The number of hydrogen-bond acceptors (Lipinski definition) is 3. The van der Waals surface area contributed by atoms with Crippen molar-refractivity contribution in [3.05, 3.63) is 90.2 Å². The van der Waals surface area contributed by atoms with Crippen molar-refractivity contribution in [2.75, 3.05) is 32.8 Å². The van der Waals surface area contributed by atoms with Gasteiger partial charge in [-0.25, -0.2) is 4.39 Å². The number of piperazine rings is 1. The summed E-state index contributed by atoms with van der Waals surface area (Å²) in [5.41, 5.74) is 2.66. The van der Waals surface area contributed by atoms with Crippen LogP contribution < -0.4 is 4.74 Å². The lowest BCUT2D eigenvalue weighted by atomic mass is 10.1. The number of carbonyl (C=O) groups is 2. The van der Waals surface area contributed by atoms with Gasteiger partial charge in [0.15, 0.2) is 6.61 Å². The molecule has 1 aliphatic rings. The first-order chi connectivity index (χ1) is 15.1. The van der Waals surface area contributed by atoms with E-state index in [-0.39, 0.29) is 24.2 Å². The Hall–Kier alpha value is -3.67. The minimum Gasteiger partial charge on any atom is -0.484 e. The number of hydrogen-bond donors (Lipinski definition) is 0. The van der Waals surface area contributed by atoms with Gasteiger partial charge in [-0.2, -0.15) is 0 Å². The van der Waals surface area contributed by atoms with Gasteiger partial charge in [-0.1, -0.05) is 42.5 Å². The van der Waals surface area contributed by atoms with E-state index in [0.717, 1.165) is 11.1 Å². The minimum atomic E-state index is -0.373. The van der Waals surface area contributed by atoms with Gasteiger partial charge in [0.05, 0.1) is 0 Å². The van der Waals surface area contributed by atoms with Gasteiger partial charge < -0.3 is 14.5 Å². The third kappa shape index (κ3) is 5.09. The number of amides is 2. The standard InChI is InChI=1S/C25H23FN2O3/c26-22-10-6-21(7-11-22)25(30)28-16-14-27(15-17-28)24(29)18-31-23-12-8-20(9-13-23)19-4-2-1-3-5-19/h1-13H,14-18H2. The van der Waals surface area contributed by atoms with E-state index in [2.05, 4.69) is 0 Å². The maximum absolute atomic E-state index is 13.0. The predicted octanol–water partition coefficient (Wildman–Crippen LogP) is 3.86. The molecule has 0 unspecified atom stereocenters. The summed E-state index contributed by atoms with van der Waals surface area (Å²) in [6, 6.07) is 23.2. The van der Waals surface area contributed by atoms with Crippen molar-refractivity contribution in [2.24, 2.45) is 0 Å². The SMILES string of the molecule is O=C(COc1ccc(-c2ccccc2)cc1)N1CCN(C(=O)c2ccc(F)cc2)CC1. The maximum atomic E-state index is 13.0. The van der Waals surface area contributed by atoms with Gasteiger partial charge in [-0.3, -0.25) is 9.59 Å². The molecule has 3 aromatic rings. The summed E-state index contributed by atoms with van der Waals surface area (Å²) in [7, 11) is 0. The Morgan fingerprint density at radius 3 is 1.97 bits per heavy atom. The second-order valence-corrected chi connectivity index (χ2v) is 7.36. The van der Waals surface area contributed by atoms with Crippen LogP contribution in [0.25, 0.3) is 11.1 Å². The summed E-state index contributed by atoms with van der Waals surface area (Å²) >= 11 is 0. The van der Waals surface area contributed by atoms with Crippen molar-refractivity contribution < 1.29 is 18.7 Å². The molecule has 3 aromatic carbocycles. The number of halogens is 1. The van der Waals surface area contributed by atoms with Gasteiger partial charge in [0, 0.05) is 31.7 Å². The van der Waals surface area contributed by atoms with E-state index in [1.165, 1.54) is 24.3 Å². The van der Waals surface area contributed by atoms with Crippen LogP contribution in [-0.2, 0) is 4.79 Å². The zero-order valence-electron chi connectivity index (χ0n) is 17.0. The molecule has 0 N–H and O–H groups in total. The molecule has 2 amide bonds. The zero-order valence-corrected chi connectivity index (χ0v) is 17.0. The van der Waals surface area contributed by atoms with Crippen LogP contribution in [0.3, 0.4) is 0 Å². The second-order valence-electron chi connectivity index (χ2n) is 7.36. The number of carbonyl (C=O) groups excluding carboxylic acids is 2. The van der Waals surface area contributed by atoms with E-state index in [1.54, 1.807) is 9.80 Å². The lowest BCUT2D eigenvalue weighted by Gasteiger charge is -2.34. The molecule has 0 atom stereocenters. The third-order valence-corrected chi connectivity index (χ3v) is 5.33. The van der Waals surface area contributed by atoms with Gasteiger partial charge >= 0.3 is 0 Å². The molecule has 31 heavy (non-hydrogen) atoms. The summed E-state index contributed by atoms with van der Waals surface area (Å²) < 4.78 is 18.7. The molecule has 1 fully saturated rings. The highest BCUT2D eigenvalue weighted by Crippen LogP contribution is 2.22. The number of benzene rings is 3. The second kappa shape index (κ2) is 9.43. The molecular weight excluding hydrogens is 395 g/mol. The van der Waals surface area contributed by atoms with Crippen molar-refractivity contribution in [3.63, 3.8) is 0 Å². The monoisotopic (exact) mass is 418 g/mol. The van der Waals surface area contributed by atoms with E-state index in [4.69, 9.17) is 4.74 Å². The molecular formula is C25H23FN2O3. The Labute approximate surface area is 180 Å². The van der Waals surface area contributed by atoms with Gasteiger partial charge in [0.25, 0.3) is 11.8 Å². The summed E-state index contributed by atoms with van der Waals surface area (Å²) in [6.07, 6.45) is 0. The molecule has 0 radical (unpaired) electrons. The molecule has 1 aliphatic heterocycles. The summed E-state index contributed by atoms with van der Waals surface area (Å²) in [5.74, 6) is 0.00250. The van der Waals surface area contributed by atoms with E-state index in [9.17, 15) is 14.0 Å². The smallest absolute Gasteiger partial charge is 0.260 e. The van der Waals surface area contributed by atoms with Crippen molar-refractivity contribution in [2.45, 2.75) is 0 Å². The number of rotatable bonds is 5. The molecule has 0 spiro atoms. The van der Waals surface area contributed by atoms with Gasteiger partial charge in [-0.15, -0.1) is 0 Å². The van der Waals surface area contributed by atoms with Crippen molar-refractivity contribution in [1.29, 1.82) is 0 Å². The Bertz CT molecular complexity index is 1030. The van der Waals surface area contributed by atoms with Crippen molar-refractivity contribution in [1.82, 2.24) is 9.80 Å². The normalized spacial score (nSPS) is 13.7. The Kier molecular flexibility index (Phi) is 6.26. The van der Waals surface area contributed by atoms with E-state index in [1.807, 2.05) is 54.6 Å². The first-order valence-electron chi connectivity index (χ1n) is 10.2. The van der Waals surface area contributed by atoms with Crippen LogP contribution in [0.15, 0.2) is 78.9 Å². The van der Waals surface area contributed by atoms with Crippen LogP contribution in [0.4, 0.5) is 4.39 Å². The van der Waals surface area contributed by atoms with Crippen LogP contribution in [0.5, 0.6) is 5.75 Å².